The van der Waals surface area contributed by atoms with E-state index in [0.717, 1.165) is 32.6 Å². The predicted molar refractivity (Wildman–Crippen MR) is 55.9 cm³/mol. The fourth-order valence-electron chi connectivity index (χ4n) is 2.12. The van der Waals surface area contributed by atoms with Gasteiger partial charge in [0.2, 0.25) is 5.91 Å². The first-order valence-corrected chi connectivity index (χ1v) is 5.27. The van der Waals surface area contributed by atoms with Crippen molar-refractivity contribution < 1.29 is 4.79 Å². The van der Waals surface area contributed by atoms with Crippen LogP contribution >= 0.6 is 0 Å². The summed E-state index contributed by atoms with van der Waals surface area (Å²) in [6, 6.07) is 0. The van der Waals surface area contributed by atoms with Gasteiger partial charge in [0.15, 0.2) is 0 Å². The molecular formula is C11H18N2O. The molecule has 0 unspecified atom stereocenters. The second-order valence-corrected chi connectivity index (χ2v) is 4.73. The van der Waals surface area contributed by atoms with Crippen molar-refractivity contribution in [3.8, 4) is 0 Å². The van der Waals surface area contributed by atoms with E-state index in [1.54, 1.807) is 0 Å². The molecule has 0 aliphatic carbocycles. The van der Waals surface area contributed by atoms with E-state index in [4.69, 9.17) is 0 Å². The van der Waals surface area contributed by atoms with Crippen LogP contribution in [-0.2, 0) is 4.79 Å². The van der Waals surface area contributed by atoms with Gasteiger partial charge in [-0.3, -0.25) is 4.79 Å². The molecule has 2 heterocycles. The summed E-state index contributed by atoms with van der Waals surface area (Å²) < 4.78 is 0. The Morgan fingerprint density at radius 1 is 1.57 bits per heavy atom. The molecule has 0 aromatic carbocycles. The Kier molecular flexibility index (Phi) is 2.35. The molecule has 14 heavy (non-hydrogen) atoms. The van der Waals surface area contributed by atoms with Crippen LogP contribution < -0.4 is 5.32 Å². The molecular weight excluding hydrogens is 176 g/mol. The topological polar surface area (TPSA) is 32.3 Å². The van der Waals surface area contributed by atoms with E-state index in [0.29, 0.717) is 5.91 Å². The Morgan fingerprint density at radius 3 is 2.79 bits per heavy atom. The van der Waals surface area contributed by atoms with Crippen molar-refractivity contribution in [2.75, 3.05) is 26.2 Å². The lowest BCUT2D eigenvalue weighted by Crippen LogP contribution is -2.60. The molecule has 0 bridgehead atoms. The Balaban J connectivity index is 2.01. The van der Waals surface area contributed by atoms with Gasteiger partial charge in [-0.15, -0.1) is 0 Å². The van der Waals surface area contributed by atoms with Crippen molar-refractivity contribution in [3.05, 3.63) is 11.6 Å². The van der Waals surface area contributed by atoms with Crippen LogP contribution in [0, 0.1) is 5.41 Å². The summed E-state index contributed by atoms with van der Waals surface area (Å²) in [4.78, 5) is 14.1. The molecule has 0 spiro atoms. The fourth-order valence-corrected chi connectivity index (χ4v) is 2.12. The van der Waals surface area contributed by atoms with Crippen LogP contribution in [0.5, 0.6) is 0 Å². The highest BCUT2D eigenvalue weighted by Crippen LogP contribution is 2.26. The highest BCUT2D eigenvalue weighted by molar-refractivity contribution is 5.84. The molecule has 0 atom stereocenters. The maximum Gasteiger partial charge on any atom is 0.231 e. The third kappa shape index (κ3) is 1.57. The SMILES string of the molecule is CC1=CCCN(C(=O)C2(C)CNC2)C1. The van der Waals surface area contributed by atoms with Gasteiger partial charge in [0, 0.05) is 26.2 Å². The molecule has 3 nitrogen and oxygen atoms in total. The minimum absolute atomic E-state index is 0.127. The maximum absolute atomic E-state index is 12.1. The van der Waals surface area contributed by atoms with E-state index >= 15 is 0 Å². The van der Waals surface area contributed by atoms with Crippen molar-refractivity contribution in [2.45, 2.75) is 20.3 Å². The van der Waals surface area contributed by atoms with Crippen molar-refractivity contribution in [1.82, 2.24) is 10.2 Å². The van der Waals surface area contributed by atoms with Crippen LogP contribution in [0.1, 0.15) is 20.3 Å². The quantitative estimate of drug-likeness (QED) is 0.625. The van der Waals surface area contributed by atoms with Crippen LogP contribution in [0.25, 0.3) is 0 Å². The van der Waals surface area contributed by atoms with Crippen LogP contribution in [0.4, 0.5) is 0 Å². The summed E-state index contributed by atoms with van der Waals surface area (Å²) >= 11 is 0. The molecule has 0 aromatic rings. The number of hydrogen-bond donors (Lipinski definition) is 1. The Morgan fingerprint density at radius 2 is 2.29 bits per heavy atom. The van der Waals surface area contributed by atoms with Gasteiger partial charge in [-0.05, 0) is 20.3 Å². The van der Waals surface area contributed by atoms with E-state index in [-0.39, 0.29) is 5.41 Å². The molecule has 1 saturated heterocycles. The minimum Gasteiger partial charge on any atom is -0.338 e. The van der Waals surface area contributed by atoms with Crippen molar-refractivity contribution in [3.63, 3.8) is 0 Å². The van der Waals surface area contributed by atoms with Crippen molar-refractivity contribution in [1.29, 1.82) is 0 Å². The van der Waals surface area contributed by atoms with Gasteiger partial charge in [-0.2, -0.15) is 0 Å². The number of hydrogen-bond acceptors (Lipinski definition) is 2. The number of amides is 1. The van der Waals surface area contributed by atoms with Crippen LogP contribution in [0.3, 0.4) is 0 Å². The molecule has 2 aliphatic rings. The number of carbonyl (C=O) groups is 1. The zero-order chi connectivity index (χ0) is 10.2. The Bertz CT molecular complexity index is 279. The number of carbonyl (C=O) groups excluding carboxylic acids is 1. The zero-order valence-corrected chi connectivity index (χ0v) is 8.97. The molecule has 0 saturated carbocycles. The van der Waals surface area contributed by atoms with E-state index < -0.39 is 0 Å². The molecule has 3 heteroatoms. The molecule has 78 valence electrons. The number of nitrogens with zero attached hydrogens (tertiary/aromatic N) is 1. The van der Waals surface area contributed by atoms with Gasteiger partial charge in [0.1, 0.15) is 0 Å². The van der Waals surface area contributed by atoms with E-state index in [2.05, 4.69) is 25.2 Å². The zero-order valence-electron chi connectivity index (χ0n) is 8.97. The third-order valence-corrected chi connectivity index (χ3v) is 3.17. The lowest BCUT2D eigenvalue weighted by atomic mass is 9.82. The Labute approximate surface area is 85.2 Å². The van der Waals surface area contributed by atoms with Gasteiger partial charge < -0.3 is 10.2 Å². The van der Waals surface area contributed by atoms with E-state index in [1.807, 2.05) is 4.90 Å². The maximum atomic E-state index is 12.1. The largest absolute Gasteiger partial charge is 0.338 e. The summed E-state index contributed by atoms with van der Waals surface area (Å²) in [5.41, 5.74) is 1.19. The van der Waals surface area contributed by atoms with Crippen LogP contribution in [0.15, 0.2) is 11.6 Å². The molecule has 0 radical (unpaired) electrons. The van der Waals surface area contributed by atoms with Gasteiger partial charge in [-0.1, -0.05) is 11.6 Å². The summed E-state index contributed by atoms with van der Waals surface area (Å²) in [6.07, 6.45) is 3.24. The standard InChI is InChI=1S/C11H18N2O/c1-9-4-3-5-13(6-9)10(14)11(2)7-12-8-11/h4,12H,3,5-8H2,1-2H3. The average Bonchev–Trinajstić information content (AvgIpc) is 2.13. The number of rotatable bonds is 1. The smallest absolute Gasteiger partial charge is 0.231 e. The molecule has 0 aromatic heterocycles. The Hall–Kier alpha value is -0.830. The third-order valence-electron chi connectivity index (χ3n) is 3.17. The first kappa shape index (κ1) is 9.71. The average molecular weight is 194 g/mol. The molecule has 2 aliphatic heterocycles. The summed E-state index contributed by atoms with van der Waals surface area (Å²) in [5, 5.41) is 3.17. The molecule has 1 fully saturated rings. The van der Waals surface area contributed by atoms with Crippen LogP contribution in [0.2, 0.25) is 0 Å². The molecule has 1 amide bonds. The second-order valence-electron chi connectivity index (χ2n) is 4.73. The molecule has 1 N–H and O–H groups in total. The van der Waals surface area contributed by atoms with E-state index in [1.165, 1.54) is 5.57 Å². The van der Waals surface area contributed by atoms with Crippen molar-refractivity contribution >= 4 is 5.91 Å². The highest BCUT2D eigenvalue weighted by atomic mass is 16.2. The van der Waals surface area contributed by atoms with Crippen molar-refractivity contribution in [2.24, 2.45) is 5.41 Å². The lowest BCUT2D eigenvalue weighted by Gasteiger charge is -2.42. The molecule has 2 rings (SSSR count). The highest BCUT2D eigenvalue weighted by Gasteiger charge is 2.41. The second kappa shape index (κ2) is 3.39. The van der Waals surface area contributed by atoms with Crippen LogP contribution in [-0.4, -0.2) is 37.0 Å². The van der Waals surface area contributed by atoms with E-state index in [9.17, 15) is 4.79 Å². The monoisotopic (exact) mass is 194 g/mol. The summed E-state index contributed by atoms with van der Waals surface area (Å²) in [5.74, 6) is 0.323. The summed E-state index contributed by atoms with van der Waals surface area (Å²) in [7, 11) is 0. The lowest BCUT2D eigenvalue weighted by molar-refractivity contribution is -0.143. The predicted octanol–water partition coefficient (Wildman–Crippen LogP) is 0.774. The fraction of sp³-hybridized carbons (Fsp3) is 0.727. The summed E-state index contributed by atoms with van der Waals surface area (Å²) in [6.45, 7) is 7.55. The first-order valence-electron chi connectivity index (χ1n) is 5.27. The number of nitrogens with one attached hydrogen (secondary N) is 1. The van der Waals surface area contributed by atoms with Gasteiger partial charge >= 0.3 is 0 Å². The van der Waals surface area contributed by atoms with Gasteiger partial charge in [-0.25, -0.2) is 0 Å². The van der Waals surface area contributed by atoms with Gasteiger partial charge in [0.25, 0.3) is 0 Å². The first-order chi connectivity index (χ1) is 6.62. The normalized spacial score (nSPS) is 25.3. The van der Waals surface area contributed by atoms with Gasteiger partial charge in [0.05, 0.1) is 5.41 Å². The minimum atomic E-state index is -0.127.